The highest BCUT2D eigenvalue weighted by Crippen LogP contribution is 2.31. The molecule has 1 heterocycles. The zero-order valence-corrected chi connectivity index (χ0v) is 11.3. The Morgan fingerprint density at radius 3 is 2.65 bits per heavy atom. The molecule has 1 rings (SSSR count). The Hall–Kier alpha value is -1.54. The van der Waals surface area contributed by atoms with Crippen LogP contribution >= 0.6 is 0 Å². The largest absolute Gasteiger partial charge is 0.433 e. The van der Waals surface area contributed by atoms with Crippen LogP contribution in [0.2, 0.25) is 0 Å². The van der Waals surface area contributed by atoms with Gasteiger partial charge in [-0.3, -0.25) is 0 Å². The molecule has 0 saturated carbocycles. The minimum absolute atomic E-state index is 0.0435. The molecule has 0 aliphatic rings. The summed E-state index contributed by atoms with van der Waals surface area (Å²) in [6, 6.07) is 0.821. The molecule has 0 aliphatic carbocycles. The minimum Gasteiger partial charge on any atom is -0.396 e. The lowest BCUT2D eigenvalue weighted by molar-refractivity contribution is -0.141. The topological polar surface area (TPSA) is 80.4 Å². The number of hydrogen-bond donors (Lipinski definition) is 3. The van der Waals surface area contributed by atoms with Crippen LogP contribution in [0.15, 0.2) is 12.3 Å². The van der Waals surface area contributed by atoms with Gasteiger partial charge in [-0.1, -0.05) is 0 Å². The molecule has 0 amide bonds. The Morgan fingerprint density at radius 2 is 2.10 bits per heavy atom. The summed E-state index contributed by atoms with van der Waals surface area (Å²) in [4.78, 5) is 3.23. The lowest BCUT2D eigenvalue weighted by Gasteiger charge is -2.24. The fourth-order valence-electron chi connectivity index (χ4n) is 1.47. The number of methoxy groups -OCH3 is 1. The van der Waals surface area contributed by atoms with Crippen molar-refractivity contribution in [1.29, 1.82) is 0 Å². The molecular weight excluding hydrogens is 275 g/mol. The van der Waals surface area contributed by atoms with Gasteiger partial charge in [-0.05, 0) is 13.0 Å². The number of anilines is 2. The summed E-state index contributed by atoms with van der Waals surface area (Å²) in [5.41, 5.74) is 3.58. The van der Waals surface area contributed by atoms with Crippen LogP contribution < -0.4 is 11.1 Å². The van der Waals surface area contributed by atoms with E-state index in [2.05, 4.69) is 10.3 Å². The van der Waals surface area contributed by atoms with Crippen LogP contribution in [0.4, 0.5) is 24.5 Å². The molecule has 8 heteroatoms. The highest BCUT2D eigenvalue weighted by atomic mass is 19.4. The molecule has 1 aromatic heterocycles. The first-order chi connectivity index (χ1) is 9.15. The smallest absolute Gasteiger partial charge is 0.396 e. The van der Waals surface area contributed by atoms with E-state index in [1.165, 1.54) is 7.11 Å². The fraction of sp³-hybridized carbons (Fsp3) is 0.583. The van der Waals surface area contributed by atoms with Gasteiger partial charge >= 0.3 is 6.18 Å². The third kappa shape index (κ3) is 4.86. The number of nitrogens with two attached hydrogens (primary N) is 1. The molecule has 4 N–H and O–H groups in total. The van der Waals surface area contributed by atoms with E-state index in [1.54, 1.807) is 6.92 Å². The van der Waals surface area contributed by atoms with Crippen LogP contribution in [-0.4, -0.2) is 36.0 Å². The maximum atomic E-state index is 12.5. The number of nitrogens with one attached hydrogen (secondary N) is 1. The van der Waals surface area contributed by atoms with Crippen LogP contribution in [0.25, 0.3) is 0 Å². The Morgan fingerprint density at radius 1 is 1.45 bits per heavy atom. The highest BCUT2D eigenvalue weighted by Gasteiger charge is 2.33. The van der Waals surface area contributed by atoms with Gasteiger partial charge in [0.25, 0.3) is 0 Å². The average Bonchev–Trinajstić information content (AvgIpc) is 2.34. The third-order valence-electron chi connectivity index (χ3n) is 2.73. The molecule has 114 valence electrons. The van der Waals surface area contributed by atoms with E-state index >= 15 is 0 Å². The van der Waals surface area contributed by atoms with Crippen LogP contribution in [0.5, 0.6) is 0 Å². The second-order valence-electron chi connectivity index (χ2n) is 4.75. The highest BCUT2D eigenvalue weighted by molar-refractivity contribution is 5.65. The van der Waals surface area contributed by atoms with Crippen molar-refractivity contribution in [1.82, 2.24) is 4.98 Å². The van der Waals surface area contributed by atoms with Crippen LogP contribution in [0.3, 0.4) is 0 Å². The average molecular weight is 293 g/mol. The van der Waals surface area contributed by atoms with Crippen molar-refractivity contribution in [3.63, 3.8) is 0 Å². The second-order valence-corrected chi connectivity index (χ2v) is 4.75. The van der Waals surface area contributed by atoms with Crippen molar-refractivity contribution < 1.29 is 23.0 Å². The molecule has 0 aliphatic heterocycles. The molecule has 20 heavy (non-hydrogen) atoms. The van der Waals surface area contributed by atoms with Gasteiger partial charge in [-0.2, -0.15) is 13.2 Å². The molecular formula is C12H18F3N3O2. The first-order valence-electron chi connectivity index (χ1n) is 5.93. The summed E-state index contributed by atoms with van der Waals surface area (Å²) in [6.07, 6.45) is -3.26. The molecule has 0 spiro atoms. The number of halogens is 3. The maximum absolute atomic E-state index is 12.5. The van der Waals surface area contributed by atoms with Crippen molar-refractivity contribution in [2.24, 2.45) is 0 Å². The Kier molecular flexibility index (Phi) is 5.18. The lowest BCUT2D eigenvalue weighted by atomic mass is 10.0. The second kappa shape index (κ2) is 6.27. The number of nitrogen functional groups attached to an aromatic ring is 1. The summed E-state index contributed by atoms with van der Waals surface area (Å²) in [5, 5.41) is 12.7. The quantitative estimate of drug-likeness (QED) is 0.746. The van der Waals surface area contributed by atoms with Crippen molar-refractivity contribution in [2.75, 3.05) is 31.3 Å². The van der Waals surface area contributed by atoms with Crippen molar-refractivity contribution in [3.05, 3.63) is 18.0 Å². The van der Waals surface area contributed by atoms with Gasteiger partial charge in [-0.15, -0.1) is 0 Å². The monoisotopic (exact) mass is 293 g/mol. The number of aliphatic hydroxyl groups is 1. The number of pyridine rings is 1. The van der Waals surface area contributed by atoms with E-state index in [1.807, 2.05) is 0 Å². The van der Waals surface area contributed by atoms with Crippen LogP contribution in [-0.2, 0) is 10.9 Å². The molecule has 5 nitrogen and oxygen atoms in total. The van der Waals surface area contributed by atoms with E-state index in [9.17, 15) is 18.3 Å². The van der Waals surface area contributed by atoms with Gasteiger partial charge in [0.05, 0.1) is 23.2 Å². The zero-order valence-electron chi connectivity index (χ0n) is 11.3. The summed E-state index contributed by atoms with van der Waals surface area (Å²) in [7, 11) is 1.50. The molecule has 1 aromatic rings. The Balaban J connectivity index is 2.77. The molecule has 0 aromatic carbocycles. The number of ether oxygens (including phenoxy) is 1. The van der Waals surface area contributed by atoms with E-state index in [0.717, 1.165) is 12.3 Å². The minimum atomic E-state index is -4.54. The molecule has 0 radical (unpaired) electrons. The summed E-state index contributed by atoms with van der Waals surface area (Å²) in [5.74, 6) is 0. The molecule has 1 unspecified atom stereocenters. The summed E-state index contributed by atoms with van der Waals surface area (Å²) >= 11 is 0. The van der Waals surface area contributed by atoms with Gasteiger partial charge in [0, 0.05) is 26.7 Å². The van der Waals surface area contributed by atoms with Gasteiger partial charge in [-0.25, -0.2) is 4.98 Å². The Bertz CT molecular complexity index is 450. The molecule has 0 fully saturated rings. The van der Waals surface area contributed by atoms with Gasteiger partial charge in [0.15, 0.2) is 0 Å². The standard InChI is InChI=1S/C12H18F3N3O2/c1-11(19,3-4-20-2)7-18-9-5-10(12(13,14)15)17-6-8(9)16/h5-6,19H,3-4,7,16H2,1-2H3,(H,17,18). The number of aromatic nitrogens is 1. The number of hydrogen-bond acceptors (Lipinski definition) is 5. The summed E-state index contributed by atoms with van der Waals surface area (Å²) in [6.45, 7) is 1.94. The fourth-order valence-corrected chi connectivity index (χ4v) is 1.47. The predicted molar refractivity (Wildman–Crippen MR) is 69.3 cm³/mol. The molecule has 0 saturated heterocycles. The first kappa shape index (κ1) is 16.5. The number of rotatable bonds is 6. The number of alkyl halides is 3. The predicted octanol–water partition coefficient (Wildman–Crippen LogP) is 1.88. The van der Waals surface area contributed by atoms with Gasteiger partial charge < -0.3 is 20.9 Å². The lowest BCUT2D eigenvalue weighted by Crippen LogP contribution is -2.34. The van der Waals surface area contributed by atoms with Crippen LogP contribution in [0, 0.1) is 0 Å². The molecule has 1 atom stereocenters. The van der Waals surface area contributed by atoms with E-state index < -0.39 is 17.5 Å². The van der Waals surface area contributed by atoms with Crippen molar-refractivity contribution >= 4 is 11.4 Å². The van der Waals surface area contributed by atoms with E-state index in [0.29, 0.717) is 13.0 Å². The van der Waals surface area contributed by atoms with E-state index in [4.69, 9.17) is 10.5 Å². The van der Waals surface area contributed by atoms with E-state index in [-0.39, 0.29) is 17.9 Å². The normalized spacial score (nSPS) is 14.9. The number of nitrogens with zero attached hydrogens (tertiary/aromatic N) is 1. The first-order valence-corrected chi connectivity index (χ1v) is 5.93. The Labute approximate surface area is 114 Å². The SMILES string of the molecule is COCCC(C)(O)CNc1cc(C(F)(F)F)ncc1N. The molecule has 0 bridgehead atoms. The van der Waals surface area contributed by atoms with Crippen molar-refractivity contribution in [3.8, 4) is 0 Å². The van der Waals surface area contributed by atoms with Gasteiger partial charge in [0.2, 0.25) is 0 Å². The van der Waals surface area contributed by atoms with Gasteiger partial charge in [0.1, 0.15) is 5.69 Å². The third-order valence-corrected chi connectivity index (χ3v) is 2.73. The van der Waals surface area contributed by atoms with Crippen LogP contribution in [0.1, 0.15) is 19.0 Å². The van der Waals surface area contributed by atoms with Crippen molar-refractivity contribution in [2.45, 2.75) is 25.1 Å². The maximum Gasteiger partial charge on any atom is 0.433 e. The summed E-state index contributed by atoms with van der Waals surface area (Å²) < 4.78 is 42.5. The zero-order chi connectivity index (χ0) is 15.4.